The molecule has 3 N–H and O–H groups in total. The van der Waals surface area contributed by atoms with Gasteiger partial charge in [-0.15, -0.1) is 0 Å². The number of nitrogens with zero attached hydrogens (tertiary/aromatic N) is 1. The van der Waals surface area contributed by atoms with Crippen molar-refractivity contribution >= 4 is 17.3 Å². The van der Waals surface area contributed by atoms with E-state index in [0.717, 1.165) is 12.2 Å². The average Bonchev–Trinajstić information content (AvgIpc) is 2.47. The van der Waals surface area contributed by atoms with E-state index < -0.39 is 0 Å². The molecule has 4 nitrogen and oxygen atoms in total. The van der Waals surface area contributed by atoms with Crippen molar-refractivity contribution in [2.75, 3.05) is 17.7 Å². The second-order valence-corrected chi connectivity index (χ2v) is 5.74. The zero-order valence-corrected chi connectivity index (χ0v) is 13.3. The van der Waals surface area contributed by atoms with Gasteiger partial charge < -0.3 is 16.0 Å². The predicted octanol–water partition coefficient (Wildman–Crippen LogP) is 3.04. The summed E-state index contributed by atoms with van der Waals surface area (Å²) < 4.78 is 0. The van der Waals surface area contributed by atoms with E-state index in [1.54, 1.807) is 6.07 Å². The minimum atomic E-state index is -0.0982. The molecule has 0 saturated carbocycles. The van der Waals surface area contributed by atoms with Gasteiger partial charge >= 0.3 is 0 Å². The number of nitrogens with one attached hydrogen (secondary N) is 1. The number of amides is 1. The predicted molar refractivity (Wildman–Crippen MR) is 92.0 cm³/mol. The first-order valence-electron chi connectivity index (χ1n) is 7.43. The Balaban J connectivity index is 2.14. The number of benzene rings is 2. The molecule has 116 valence electrons. The number of carbonyl (C=O) groups is 1. The van der Waals surface area contributed by atoms with Crippen molar-refractivity contribution in [2.24, 2.45) is 0 Å². The summed E-state index contributed by atoms with van der Waals surface area (Å²) in [5.74, 6) is -0.0982. The number of nitrogen functional groups attached to an aromatic ring is 1. The van der Waals surface area contributed by atoms with Crippen LogP contribution in [0.4, 0.5) is 11.4 Å². The van der Waals surface area contributed by atoms with Gasteiger partial charge in [0.05, 0.1) is 11.4 Å². The number of rotatable bonds is 5. The summed E-state index contributed by atoms with van der Waals surface area (Å²) in [5, 5.41) is 2.87. The first-order chi connectivity index (χ1) is 10.5. The van der Waals surface area contributed by atoms with Crippen molar-refractivity contribution in [1.82, 2.24) is 5.32 Å². The van der Waals surface area contributed by atoms with Crippen LogP contribution >= 0.6 is 0 Å². The van der Waals surface area contributed by atoms with Crippen LogP contribution < -0.4 is 16.0 Å². The Morgan fingerprint density at radius 2 is 1.86 bits per heavy atom. The molecule has 0 heterocycles. The third-order valence-electron chi connectivity index (χ3n) is 3.38. The average molecular weight is 297 g/mol. The Morgan fingerprint density at radius 1 is 1.18 bits per heavy atom. The molecule has 0 aromatic heterocycles. The maximum atomic E-state index is 12.0. The molecule has 0 spiro atoms. The van der Waals surface area contributed by atoms with Gasteiger partial charge in [0.1, 0.15) is 0 Å². The van der Waals surface area contributed by atoms with Gasteiger partial charge in [0.25, 0.3) is 5.91 Å². The van der Waals surface area contributed by atoms with Crippen LogP contribution in [-0.4, -0.2) is 19.0 Å². The summed E-state index contributed by atoms with van der Waals surface area (Å²) in [6, 6.07) is 15.7. The van der Waals surface area contributed by atoms with Gasteiger partial charge in [-0.2, -0.15) is 0 Å². The topological polar surface area (TPSA) is 58.4 Å². The number of hydrogen-bond acceptors (Lipinski definition) is 3. The number of nitrogens with two attached hydrogens (primary N) is 1. The highest BCUT2D eigenvalue weighted by atomic mass is 16.1. The fourth-order valence-electron chi connectivity index (χ4n) is 2.33. The van der Waals surface area contributed by atoms with Crippen molar-refractivity contribution in [3.05, 3.63) is 59.7 Å². The van der Waals surface area contributed by atoms with Crippen molar-refractivity contribution < 1.29 is 4.79 Å². The molecule has 2 rings (SSSR count). The molecule has 0 aliphatic rings. The standard InChI is InChI=1S/C18H23N3O/c1-13(2)20-18(22)15-9-10-17(16(19)11-15)21(3)12-14-7-5-4-6-8-14/h4-11,13H,12,19H2,1-3H3,(H,20,22). The molecule has 2 aromatic rings. The lowest BCUT2D eigenvalue weighted by Gasteiger charge is -2.22. The molecular formula is C18H23N3O. The number of hydrogen-bond donors (Lipinski definition) is 2. The Kier molecular flexibility index (Phi) is 5.04. The highest BCUT2D eigenvalue weighted by Gasteiger charge is 2.11. The Hall–Kier alpha value is -2.49. The van der Waals surface area contributed by atoms with Crippen LogP contribution in [0.5, 0.6) is 0 Å². The lowest BCUT2D eigenvalue weighted by atomic mass is 10.1. The molecule has 0 radical (unpaired) electrons. The molecule has 0 bridgehead atoms. The molecule has 0 fully saturated rings. The quantitative estimate of drug-likeness (QED) is 0.834. The van der Waals surface area contributed by atoms with E-state index >= 15 is 0 Å². The van der Waals surface area contributed by atoms with Gasteiger partial charge in [-0.05, 0) is 37.6 Å². The van der Waals surface area contributed by atoms with E-state index in [1.165, 1.54) is 5.56 Å². The molecule has 0 aliphatic carbocycles. The van der Waals surface area contributed by atoms with Gasteiger partial charge in [-0.3, -0.25) is 4.79 Å². The first kappa shape index (κ1) is 15.9. The zero-order valence-electron chi connectivity index (χ0n) is 13.3. The fraction of sp³-hybridized carbons (Fsp3) is 0.278. The van der Waals surface area contributed by atoms with Gasteiger partial charge in [-0.25, -0.2) is 0 Å². The van der Waals surface area contributed by atoms with E-state index in [4.69, 9.17) is 5.73 Å². The molecule has 0 saturated heterocycles. The molecule has 2 aromatic carbocycles. The van der Waals surface area contributed by atoms with Crippen LogP contribution in [0, 0.1) is 0 Å². The SMILES string of the molecule is CC(C)NC(=O)c1ccc(N(C)Cc2ccccc2)c(N)c1. The zero-order chi connectivity index (χ0) is 16.1. The number of carbonyl (C=O) groups excluding carboxylic acids is 1. The Labute approximate surface area is 131 Å². The summed E-state index contributed by atoms with van der Waals surface area (Å²) >= 11 is 0. The van der Waals surface area contributed by atoms with Crippen molar-refractivity contribution in [2.45, 2.75) is 26.4 Å². The van der Waals surface area contributed by atoms with Crippen LogP contribution in [0.2, 0.25) is 0 Å². The van der Waals surface area contributed by atoms with E-state index in [-0.39, 0.29) is 11.9 Å². The van der Waals surface area contributed by atoms with Crippen LogP contribution in [-0.2, 0) is 6.54 Å². The molecular weight excluding hydrogens is 274 g/mol. The van der Waals surface area contributed by atoms with Gasteiger partial charge in [0.15, 0.2) is 0 Å². The minimum absolute atomic E-state index is 0.0982. The van der Waals surface area contributed by atoms with Crippen molar-refractivity contribution in [3.8, 4) is 0 Å². The molecule has 0 aliphatic heterocycles. The van der Waals surface area contributed by atoms with Crippen LogP contribution in [0.1, 0.15) is 29.8 Å². The third kappa shape index (κ3) is 4.01. The van der Waals surface area contributed by atoms with Gasteiger partial charge in [0.2, 0.25) is 0 Å². The summed E-state index contributed by atoms with van der Waals surface area (Å²) in [5.41, 5.74) is 9.45. The number of anilines is 2. The third-order valence-corrected chi connectivity index (χ3v) is 3.38. The molecule has 0 unspecified atom stereocenters. The second kappa shape index (κ2) is 6.98. The van der Waals surface area contributed by atoms with Gasteiger partial charge in [0, 0.05) is 25.2 Å². The largest absolute Gasteiger partial charge is 0.397 e. The summed E-state index contributed by atoms with van der Waals surface area (Å²) in [7, 11) is 1.99. The Bertz CT molecular complexity index is 638. The maximum absolute atomic E-state index is 12.0. The summed E-state index contributed by atoms with van der Waals surface area (Å²) in [6.45, 7) is 4.63. The molecule has 0 atom stereocenters. The first-order valence-corrected chi connectivity index (χ1v) is 7.43. The van der Waals surface area contributed by atoms with Crippen LogP contribution in [0.15, 0.2) is 48.5 Å². The van der Waals surface area contributed by atoms with E-state index in [0.29, 0.717) is 11.3 Å². The lowest BCUT2D eigenvalue weighted by Crippen LogP contribution is -2.30. The lowest BCUT2D eigenvalue weighted by molar-refractivity contribution is 0.0943. The van der Waals surface area contributed by atoms with Crippen LogP contribution in [0.3, 0.4) is 0 Å². The molecule has 1 amide bonds. The molecule has 22 heavy (non-hydrogen) atoms. The van der Waals surface area contributed by atoms with E-state index in [9.17, 15) is 4.79 Å². The highest BCUT2D eigenvalue weighted by Crippen LogP contribution is 2.24. The minimum Gasteiger partial charge on any atom is -0.397 e. The van der Waals surface area contributed by atoms with Gasteiger partial charge in [-0.1, -0.05) is 30.3 Å². The normalized spacial score (nSPS) is 10.5. The Morgan fingerprint density at radius 3 is 2.45 bits per heavy atom. The fourth-order valence-corrected chi connectivity index (χ4v) is 2.33. The van der Waals surface area contributed by atoms with E-state index in [2.05, 4.69) is 22.3 Å². The van der Waals surface area contributed by atoms with Crippen LogP contribution in [0.25, 0.3) is 0 Å². The highest BCUT2D eigenvalue weighted by molar-refractivity contribution is 5.96. The second-order valence-electron chi connectivity index (χ2n) is 5.74. The van der Waals surface area contributed by atoms with Crippen molar-refractivity contribution in [1.29, 1.82) is 0 Å². The van der Waals surface area contributed by atoms with Crippen molar-refractivity contribution in [3.63, 3.8) is 0 Å². The maximum Gasteiger partial charge on any atom is 0.251 e. The summed E-state index contributed by atoms with van der Waals surface area (Å²) in [6.07, 6.45) is 0. The summed E-state index contributed by atoms with van der Waals surface area (Å²) in [4.78, 5) is 14.1. The van der Waals surface area contributed by atoms with E-state index in [1.807, 2.05) is 51.2 Å². The monoisotopic (exact) mass is 297 g/mol. The molecule has 4 heteroatoms. The smallest absolute Gasteiger partial charge is 0.251 e.